The van der Waals surface area contributed by atoms with Gasteiger partial charge in [-0.05, 0) is 46.0 Å². The van der Waals surface area contributed by atoms with Crippen LogP contribution < -0.4 is 4.72 Å². The standard InChI is InChI=1S/C14H22BrNO4S/c1-9(2)12(8-20-4)16-21(18,19)13-6-11(7-17)5-10(3)14(13)15/h5-6,9,12,16-17H,7-8H2,1-4H3. The summed E-state index contributed by atoms with van der Waals surface area (Å²) in [4.78, 5) is 0.133. The molecule has 0 bridgehead atoms. The Kier molecular flexibility index (Phi) is 6.80. The second kappa shape index (κ2) is 7.69. The molecule has 120 valence electrons. The highest BCUT2D eigenvalue weighted by atomic mass is 79.9. The van der Waals surface area contributed by atoms with Crippen LogP contribution >= 0.6 is 15.9 Å². The zero-order chi connectivity index (χ0) is 16.2. The molecule has 0 spiro atoms. The van der Waals surface area contributed by atoms with Crippen molar-refractivity contribution in [3.63, 3.8) is 0 Å². The molecule has 0 aromatic heterocycles. The average molecular weight is 380 g/mol. The van der Waals surface area contributed by atoms with Gasteiger partial charge < -0.3 is 9.84 Å². The van der Waals surface area contributed by atoms with Crippen LogP contribution in [0.25, 0.3) is 0 Å². The summed E-state index contributed by atoms with van der Waals surface area (Å²) in [6.45, 7) is 5.74. The number of aliphatic hydroxyl groups excluding tert-OH is 1. The van der Waals surface area contributed by atoms with E-state index in [0.717, 1.165) is 5.56 Å². The van der Waals surface area contributed by atoms with Gasteiger partial charge in [0.15, 0.2) is 0 Å². The highest BCUT2D eigenvalue weighted by Crippen LogP contribution is 2.27. The van der Waals surface area contributed by atoms with Gasteiger partial charge in [0.05, 0.1) is 18.1 Å². The van der Waals surface area contributed by atoms with Crippen LogP contribution in [0.3, 0.4) is 0 Å². The molecule has 0 radical (unpaired) electrons. The van der Waals surface area contributed by atoms with Crippen LogP contribution in [0.5, 0.6) is 0 Å². The molecule has 1 atom stereocenters. The molecule has 21 heavy (non-hydrogen) atoms. The lowest BCUT2D eigenvalue weighted by Gasteiger charge is -2.22. The Morgan fingerprint density at radius 3 is 2.48 bits per heavy atom. The third-order valence-electron chi connectivity index (χ3n) is 3.21. The van der Waals surface area contributed by atoms with Crippen molar-refractivity contribution in [3.05, 3.63) is 27.7 Å². The Hall–Kier alpha value is -0.470. The summed E-state index contributed by atoms with van der Waals surface area (Å²) < 4.78 is 33.4. The smallest absolute Gasteiger partial charge is 0.242 e. The molecule has 0 aliphatic rings. The van der Waals surface area contributed by atoms with Crippen LogP contribution in [0.1, 0.15) is 25.0 Å². The molecular formula is C14H22BrNO4S. The Bertz CT molecular complexity index is 587. The summed E-state index contributed by atoms with van der Waals surface area (Å²) in [5.41, 5.74) is 1.32. The molecule has 0 heterocycles. The van der Waals surface area contributed by atoms with Crippen molar-refractivity contribution in [2.75, 3.05) is 13.7 Å². The molecule has 0 amide bonds. The zero-order valence-electron chi connectivity index (χ0n) is 12.7. The minimum Gasteiger partial charge on any atom is -0.392 e. The lowest BCUT2D eigenvalue weighted by Crippen LogP contribution is -2.41. The molecule has 1 aromatic carbocycles. The lowest BCUT2D eigenvalue weighted by molar-refractivity contribution is 0.157. The number of aryl methyl sites for hydroxylation is 1. The second-order valence-corrected chi connectivity index (χ2v) is 7.79. The molecule has 7 heteroatoms. The number of rotatable bonds is 7. The van der Waals surface area contributed by atoms with Gasteiger partial charge in [-0.3, -0.25) is 0 Å². The number of hydrogen-bond donors (Lipinski definition) is 2. The summed E-state index contributed by atoms with van der Waals surface area (Å²) in [6, 6.07) is 2.91. The highest BCUT2D eigenvalue weighted by molar-refractivity contribution is 9.10. The van der Waals surface area contributed by atoms with E-state index in [1.54, 1.807) is 13.0 Å². The van der Waals surface area contributed by atoms with Crippen molar-refractivity contribution in [3.8, 4) is 0 Å². The van der Waals surface area contributed by atoms with E-state index in [4.69, 9.17) is 4.74 Å². The number of aliphatic hydroxyl groups is 1. The SMILES string of the molecule is COCC(NS(=O)(=O)c1cc(CO)cc(C)c1Br)C(C)C. The van der Waals surface area contributed by atoms with Crippen LogP contribution in [0.4, 0.5) is 0 Å². The number of hydrogen-bond acceptors (Lipinski definition) is 4. The van der Waals surface area contributed by atoms with Crippen molar-refractivity contribution in [1.82, 2.24) is 4.72 Å². The fourth-order valence-electron chi connectivity index (χ4n) is 1.90. The fraction of sp³-hybridized carbons (Fsp3) is 0.571. The maximum Gasteiger partial charge on any atom is 0.242 e. The van der Waals surface area contributed by atoms with Crippen molar-refractivity contribution in [1.29, 1.82) is 0 Å². The Labute approximate surface area is 134 Å². The van der Waals surface area contributed by atoms with E-state index in [2.05, 4.69) is 20.7 Å². The first-order valence-corrected chi connectivity index (χ1v) is 8.91. The molecule has 0 fully saturated rings. The van der Waals surface area contributed by atoms with Crippen LogP contribution in [0.15, 0.2) is 21.5 Å². The summed E-state index contributed by atoms with van der Waals surface area (Å²) in [5.74, 6) is 0.0978. The predicted octanol–water partition coefficient (Wildman–Crippen LogP) is 2.20. The zero-order valence-corrected chi connectivity index (χ0v) is 15.1. The third-order valence-corrected chi connectivity index (χ3v) is 6.04. The van der Waals surface area contributed by atoms with Gasteiger partial charge in [-0.25, -0.2) is 13.1 Å². The van der Waals surface area contributed by atoms with Crippen LogP contribution in [0, 0.1) is 12.8 Å². The summed E-state index contributed by atoms with van der Waals surface area (Å²) in [7, 11) is -2.16. The predicted molar refractivity (Wildman–Crippen MR) is 85.6 cm³/mol. The Morgan fingerprint density at radius 2 is 2.00 bits per heavy atom. The first-order valence-electron chi connectivity index (χ1n) is 6.64. The van der Waals surface area contributed by atoms with E-state index in [9.17, 15) is 13.5 Å². The quantitative estimate of drug-likeness (QED) is 0.761. The summed E-state index contributed by atoms with van der Waals surface area (Å²) in [6.07, 6.45) is 0. The maximum absolute atomic E-state index is 12.6. The summed E-state index contributed by atoms with van der Waals surface area (Å²) >= 11 is 3.31. The van der Waals surface area contributed by atoms with Gasteiger partial charge in [-0.1, -0.05) is 19.9 Å². The van der Waals surface area contributed by atoms with Gasteiger partial charge in [0.2, 0.25) is 10.0 Å². The molecule has 1 unspecified atom stereocenters. The van der Waals surface area contributed by atoms with Gasteiger partial charge in [0, 0.05) is 17.6 Å². The average Bonchev–Trinajstić information content (AvgIpc) is 2.40. The first kappa shape index (κ1) is 18.6. The minimum atomic E-state index is -3.70. The normalized spacial score (nSPS) is 13.7. The molecule has 0 aliphatic heterocycles. The number of benzene rings is 1. The molecule has 1 aromatic rings. The molecule has 1 rings (SSSR count). The van der Waals surface area contributed by atoms with Gasteiger partial charge in [0.25, 0.3) is 0 Å². The van der Waals surface area contributed by atoms with E-state index >= 15 is 0 Å². The molecule has 0 saturated carbocycles. The van der Waals surface area contributed by atoms with E-state index < -0.39 is 10.0 Å². The lowest BCUT2D eigenvalue weighted by atomic mass is 10.1. The molecule has 2 N–H and O–H groups in total. The molecule has 0 saturated heterocycles. The van der Waals surface area contributed by atoms with Crippen molar-refractivity contribution in [2.45, 2.75) is 38.3 Å². The maximum atomic E-state index is 12.6. The number of ether oxygens (including phenoxy) is 1. The Balaban J connectivity index is 3.21. The number of halogens is 1. The van der Waals surface area contributed by atoms with Crippen molar-refractivity contribution < 1.29 is 18.3 Å². The molecule has 5 nitrogen and oxygen atoms in total. The second-order valence-electron chi connectivity index (χ2n) is 5.31. The largest absolute Gasteiger partial charge is 0.392 e. The topological polar surface area (TPSA) is 75.6 Å². The van der Waals surface area contributed by atoms with E-state index in [1.165, 1.54) is 13.2 Å². The van der Waals surface area contributed by atoms with Crippen LogP contribution in [-0.2, 0) is 21.4 Å². The van der Waals surface area contributed by atoms with Crippen molar-refractivity contribution in [2.24, 2.45) is 5.92 Å². The van der Waals surface area contributed by atoms with Gasteiger partial charge in [-0.15, -0.1) is 0 Å². The first-order chi connectivity index (χ1) is 9.72. The third kappa shape index (κ3) is 4.75. The Morgan fingerprint density at radius 1 is 1.38 bits per heavy atom. The molecular weight excluding hydrogens is 358 g/mol. The van der Waals surface area contributed by atoms with Gasteiger partial charge in [-0.2, -0.15) is 0 Å². The minimum absolute atomic E-state index is 0.0978. The van der Waals surface area contributed by atoms with E-state index in [0.29, 0.717) is 16.6 Å². The van der Waals surface area contributed by atoms with Gasteiger partial charge >= 0.3 is 0 Å². The van der Waals surface area contributed by atoms with Crippen LogP contribution in [0.2, 0.25) is 0 Å². The van der Waals surface area contributed by atoms with E-state index in [-0.39, 0.29) is 23.5 Å². The monoisotopic (exact) mass is 379 g/mol. The van der Waals surface area contributed by atoms with Crippen LogP contribution in [-0.4, -0.2) is 33.3 Å². The summed E-state index contributed by atoms with van der Waals surface area (Å²) in [5, 5.41) is 9.25. The fourth-order valence-corrected chi connectivity index (χ4v) is 4.34. The van der Waals surface area contributed by atoms with E-state index in [1.807, 2.05) is 13.8 Å². The molecule has 0 aliphatic carbocycles. The highest BCUT2D eigenvalue weighted by Gasteiger charge is 2.25. The number of nitrogens with one attached hydrogen (secondary N) is 1. The van der Waals surface area contributed by atoms with Crippen molar-refractivity contribution >= 4 is 26.0 Å². The van der Waals surface area contributed by atoms with Gasteiger partial charge in [0.1, 0.15) is 0 Å². The number of sulfonamides is 1. The number of methoxy groups -OCH3 is 1.